The third-order valence-corrected chi connectivity index (χ3v) is 5.04. The maximum Gasteiger partial charge on any atom is 0.221 e. The Balaban J connectivity index is 2.13. The van der Waals surface area contributed by atoms with Gasteiger partial charge in [0, 0.05) is 30.1 Å². The van der Waals surface area contributed by atoms with Gasteiger partial charge in [0.15, 0.2) is 10.6 Å². The van der Waals surface area contributed by atoms with Crippen molar-refractivity contribution in [2.45, 2.75) is 59.5 Å². The summed E-state index contributed by atoms with van der Waals surface area (Å²) in [6, 6.07) is 7.60. The van der Waals surface area contributed by atoms with E-state index >= 15 is 0 Å². The fourth-order valence-electron chi connectivity index (χ4n) is 2.71. The first-order valence-corrected chi connectivity index (χ1v) is 10.4. The van der Waals surface area contributed by atoms with E-state index in [9.17, 15) is 4.79 Å². The van der Waals surface area contributed by atoms with Gasteiger partial charge in [0.25, 0.3) is 0 Å². The molecule has 0 bridgehead atoms. The quantitative estimate of drug-likeness (QED) is 0.557. The summed E-state index contributed by atoms with van der Waals surface area (Å²) in [6.07, 6.45) is 3.45. The van der Waals surface area contributed by atoms with Crippen molar-refractivity contribution < 1.29 is 4.79 Å². The van der Waals surface area contributed by atoms with Crippen molar-refractivity contribution in [3.05, 3.63) is 34.1 Å². The fraction of sp³-hybridized carbons (Fsp3) is 0.550. The van der Waals surface area contributed by atoms with Crippen molar-refractivity contribution in [1.82, 2.24) is 19.7 Å². The Hall–Kier alpha value is -1.66. The van der Waals surface area contributed by atoms with Crippen molar-refractivity contribution >= 4 is 29.7 Å². The van der Waals surface area contributed by atoms with Crippen molar-refractivity contribution in [1.29, 1.82) is 0 Å². The second kappa shape index (κ2) is 10.6. The number of carbonyl (C=O) groups is 1. The lowest BCUT2D eigenvalue weighted by atomic mass is 10.1. The minimum Gasteiger partial charge on any atom is -0.356 e. The van der Waals surface area contributed by atoms with Crippen LogP contribution in [0.3, 0.4) is 0 Å². The van der Waals surface area contributed by atoms with Crippen LogP contribution < -0.4 is 5.32 Å². The topological polar surface area (TPSA) is 51.9 Å². The van der Waals surface area contributed by atoms with Gasteiger partial charge in [-0.2, -0.15) is 5.10 Å². The molecule has 27 heavy (non-hydrogen) atoms. The number of hydrogen-bond donors (Lipinski definition) is 1. The lowest BCUT2D eigenvalue weighted by Crippen LogP contribution is -2.26. The summed E-state index contributed by atoms with van der Waals surface area (Å²) in [5.74, 6) is 1.44. The summed E-state index contributed by atoms with van der Waals surface area (Å²) in [7, 11) is 0. The van der Waals surface area contributed by atoms with Crippen LogP contribution in [0.25, 0.3) is 11.4 Å². The number of aryl methyl sites for hydroxylation is 1. The van der Waals surface area contributed by atoms with Gasteiger partial charge in [-0.3, -0.25) is 9.36 Å². The predicted molar refractivity (Wildman–Crippen MR) is 113 cm³/mol. The largest absolute Gasteiger partial charge is 0.356 e. The van der Waals surface area contributed by atoms with E-state index in [0.717, 1.165) is 37.2 Å². The predicted octanol–water partition coefficient (Wildman–Crippen LogP) is 5.09. The molecule has 1 amide bonds. The second-order valence-corrected chi connectivity index (χ2v) is 7.93. The average molecular weight is 409 g/mol. The van der Waals surface area contributed by atoms with Crippen LogP contribution in [0.5, 0.6) is 0 Å². The molecule has 0 saturated carbocycles. The number of nitrogens with one attached hydrogen (secondary N) is 1. The van der Waals surface area contributed by atoms with Crippen molar-refractivity contribution in [3.63, 3.8) is 0 Å². The first-order valence-electron chi connectivity index (χ1n) is 9.62. The minimum absolute atomic E-state index is 0.0358. The molecule has 0 aliphatic heterocycles. The van der Waals surface area contributed by atoms with E-state index in [-0.39, 0.29) is 5.91 Å². The molecule has 148 valence electrons. The summed E-state index contributed by atoms with van der Waals surface area (Å²) in [5, 5.41) is 8.35. The molecule has 0 saturated heterocycles. The molecule has 2 aromatic rings. The highest BCUT2D eigenvalue weighted by molar-refractivity contribution is 7.71. The number of aromatic nitrogens is 3. The summed E-state index contributed by atoms with van der Waals surface area (Å²) < 4.78 is 4.47. The summed E-state index contributed by atoms with van der Waals surface area (Å²) in [6.45, 7) is 8.44. The van der Waals surface area contributed by atoms with Crippen molar-refractivity contribution in [2.75, 3.05) is 6.54 Å². The van der Waals surface area contributed by atoms with Gasteiger partial charge in [-0.25, -0.2) is 4.68 Å². The van der Waals surface area contributed by atoms with Crippen molar-refractivity contribution in [3.8, 4) is 11.4 Å². The molecule has 0 fully saturated rings. The smallest absolute Gasteiger partial charge is 0.221 e. The van der Waals surface area contributed by atoms with Crippen LogP contribution in [0, 0.1) is 10.7 Å². The van der Waals surface area contributed by atoms with Crippen LogP contribution in [-0.4, -0.2) is 26.8 Å². The third kappa shape index (κ3) is 6.47. The van der Waals surface area contributed by atoms with Crippen LogP contribution >= 0.6 is 23.8 Å². The van der Waals surface area contributed by atoms with Gasteiger partial charge in [0.1, 0.15) is 0 Å². The lowest BCUT2D eigenvalue weighted by molar-refractivity contribution is -0.121. The van der Waals surface area contributed by atoms with Gasteiger partial charge in [-0.1, -0.05) is 38.8 Å². The Kier molecular flexibility index (Phi) is 8.51. The molecular weight excluding hydrogens is 380 g/mol. The minimum atomic E-state index is 0.0358. The number of carbonyl (C=O) groups excluding carboxylic acids is 1. The van der Waals surface area contributed by atoms with Crippen LogP contribution in [0.4, 0.5) is 0 Å². The normalized spacial score (nSPS) is 11.1. The standard InChI is InChI=1S/C20H29ClN4OS/c1-4-5-13-24-19(16-6-8-17(21)9-7-16)23-25(20(24)27)14-11-18(26)22-12-10-15(2)3/h6-9,15H,4-5,10-14H2,1-3H3,(H,22,26). The molecular formula is C20H29ClN4OS. The van der Waals surface area contributed by atoms with E-state index in [1.54, 1.807) is 4.68 Å². The van der Waals surface area contributed by atoms with Crippen molar-refractivity contribution in [2.24, 2.45) is 5.92 Å². The zero-order chi connectivity index (χ0) is 19.8. The zero-order valence-electron chi connectivity index (χ0n) is 16.4. The molecule has 1 heterocycles. The summed E-state index contributed by atoms with van der Waals surface area (Å²) >= 11 is 11.6. The molecule has 5 nitrogen and oxygen atoms in total. The van der Waals surface area contributed by atoms with E-state index in [1.807, 2.05) is 24.3 Å². The number of halogens is 1. The number of hydrogen-bond acceptors (Lipinski definition) is 3. The average Bonchev–Trinajstić information content (AvgIpc) is 2.94. The number of amides is 1. The molecule has 2 rings (SSSR count). The molecule has 1 N–H and O–H groups in total. The van der Waals surface area contributed by atoms with Crippen LogP contribution in [0.1, 0.15) is 46.5 Å². The van der Waals surface area contributed by atoms with E-state index < -0.39 is 0 Å². The van der Waals surface area contributed by atoms with Gasteiger partial charge in [-0.15, -0.1) is 0 Å². The fourth-order valence-corrected chi connectivity index (χ4v) is 3.15. The number of nitrogens with zero attached hydrogens (tertiary/aromatic N) is 3. The molecule has 0 spiro atoms. The highest BCUT2D eigenvalue weighted by atomic mass is 35.5. The third-order valence-electron chi connectivity index (χ3n) is 4.36. The SMILES string of the molecule is CCCCn1c(-c2ccc(Cl)cc2)nn(CCC(=O)NCCC(C)C)c1=S. The molecule has 0 radical (unpaired) electrons. The lowest BCUT2D eigenvalue weighted by Gasteiger charge is -2.07. The van der Waals surface area contributed by atoms with Gasteiger partial charge >= 0.3 is 0 Å². The zero-order valence-corrected chi connectivity index (χ0v) is 17.9. The van der Waals surface area contributed by atoms with Crippen LogP contribution in [0.2, 0.25) is 5.02 Å². The molecule has 7 heteroatoms. The maximum atomic E-state index is 12.1. The second-order valence-electron chi connectivity index (χ2n) is 7.12. The Morgan fingerprint density at radius 2 is 1.96 bits per heavy atom. The van der Waals surface area contributed by atoms with E-state index in [2.05, 4.69) is 30.7 Å². The Bertz CT molecular complexity index is 795. The molecule has 0 aliphatic carbocycles. The van der Waals surface area contributed by atoms with E-state index in [4.69, 9.17) is 28.9 Å². The molecule has 0 aliphatic rings. The number of unbranched alkanes of at least 4 members (excludes halogenated alkanes) is 1. The summed E-state index contributed by atoms with van der Waals surface area (Å²) in [4.78, 5) is 12.1. The maximum absolute atomic E-state index is 12.1. The molecule has 0 atom stereocenters. The first kappa shape index (κ1) is 21.6. The van der Waals surface area contributed by atoms with E-state index in [1.165, 1.54) is 0 Å². The molecule has 1 aromatic carbocycles. The Labute approximate surface area is 171 Å². The monoisotopic (exact) mass is 408 g/mol. The number of rotatable bonds is 10. The van der Waals surface area contributed by atoms with Crippen LogP contribution in [0.15, 0.2) is 24.3 Å². The highest BCUT2D eigenvalue weighted by Crippen LogP contribution is 2.21. The van der Waals surface area contributed by atoms with E-state index in [0.29, 0.717) is 35.2 Å². The molecule has 0 unspecified atom stereocenters. The van der Waals surface area contributed by atoms with Gasteiger partial charge in [0.05, 0.1) is 6.54 Å². The Morgan fingerprint density at radius 3 is 2.59 bits per heavy atom. The van der Waals surface area contributed by atoms with Gasteiger partial charge in [0.2, 0.25) is 5.91 Å². The molecule has 1 aromatic heterocycles. The Morgan fingerprint density at radius 1 is 1.26 bits per heavy atom. The highest BCUT2D eigenvalue weighted by Gasteiger charge is 2.13. The van der Waals surface area contributed by atoms with Gasteiger partial charge < -0.3 is 5.32 Å². The number of benzene rings is 1. The first-order chi connectivity index (χ1) is 12.9. The van der Waals surface area contributed by atoms with Crippen LogP contribution in [-0.2, 0) is 17.9 Å². The summed E-state index contributed by atoms with van der Waals surface area (Å²) in [5.41, 5.74) is 0.974. The van der Waals surface area contributed by atoms with Gasteiger partial charge in [-0.05, 0) is 55.2 Å².